The number of nitrogens with zero attached hydrogens (tertiary/aromatic N) is 1. The summed E-state index contributed by atoms with van der Waals surface area (Å²) < 4.78 is 0. The third-order valence-electron chi connectivity index (χ3n) is 5.22. The van der Waals surface area contributed by atoms with Crippen molar-refractivity contribution in [1.29, 1.82) is 0 Å². The van der Waals surface area contributed by atoms with E-state index in [4.69, 9.17) is 5.73 Å². The standard InChI is InChI=1S/C18H22N2/c1-3-18(2)16(12-17(18)19)15-6-4-13(5-7-15)14-8-10-20-11-9-14/h4-11,16-17H,3,12,19H2,1-2H3. The molecule has 0 radical (unpaired) electrons. The maximum atomic E-state index is 6.21. The highest BCUT2D eigenvalue weighted by molar-refractivity contribution is 5.63. The molecule has 0 bridgehead atoms. The minimum atomic E-state index is 0.262. The van der Waals surface area contributed by atoms with Gasteiger partial charge < -0.3 is 5.73 Å². The van der Waals surface area contributed by atoms with Gasteiger partial charge in [-0.3, -0.25) is 4.98 Å². The second kappa shape index (κ2) is 5.02. The molecule has 1 aromatic carbocycles. The Balaban J connectivity index is 1.84. The minimum Gasteiger partial charge on any atom is -0.327 e. The van der Waals surface area contributed by atoms with Crippen molar-refractivity contribution in [3.05, 3.63) is 54.4 Å². The van der Waals surface area contributed by atoms with Crippen molar-refractivity contribution < 1.29 is 0 Å². The summed E-state index contributed by atoms with van der Waals surface area (Å²) in [7, 11) is 0. The fraction of sp³-hybridized carbons (Fsp3) is 0.389. The number of hydrogen-bond donors (Lipinski definition) is 1. The van der Waals surface area contributed by atoms with Crippen molar-refractivity contribution in [2.45, 2.75) is 38.6 Å². The maximum Gasteiger partial charge on any atom is 0.0273 e. The van der Waals surface area contributed by atoms with Gasteiger partial charge in [-0.1, -0.05) is 38.1 Å². The zero-order valence-electron chi connectivity index (χ0n) is 12.2. The van der Waals surface area contributed by atoms with Crippen LogP contribution in [0.15, 0.2) is 48.8 Å². The lowest BCUT2D eigenvalue weighted by Gasteiger charge is -2.53. The first-order chi connectivity index (χ1) is 9.65. The Labute approximate surface area is 121 Å². The first-order valence-electron chi connectivity index (χ1n) is 7.41. The Morgan fingerprint density at radius 2 is 1.70 bits per heavy atom. The molecule has 104 valence electrons. The van der Waals surface area contributed by atoms with E-state index in [2.05, 4.69) is 43.1 Å². The highest BCUT2D eigenvalue weighted by atomic mass is 14.8. The van der Waals surface area contributed by atoms with Crippen molar-refractivity contribution in [2.24, 2.45) is 11.1 Å². The monoisotopic (exact) mass is 266 g/mol. The fourth-order valence-electron chi connectivity index (χ4n) is 3.37. The van der Waals surface area contributed by atoms with E-state index in [1.165, 1.54) is 16.7 Å². The first-order valence-corrected chi connectivity index (χ1v) is 7.41. The van der Waals surface area contributed by atoms with Gasteiger partial charge in [0, 0.05) is 18.4 Å². The van der Waals surface area contributed by atoms with Crippen LogP contribution in [0.5, 0.6) is 0 Å². The van der Waals surface area contributed by atoms with E-state index in [0.29, 0.717) is 12.0 Å². The molecule has 3 rings (SSSR count). The highest BCUT2D eigenvalue weighted by Crippen LogP contribution is 2.53. The smallest absolute Gasteiger partial charge is 0.0273 e. The molecule has 1 heterocycles. The van der Waals surface area contributed by atoms with Gasteiger partial charge in [0.2, 0.25) is 0 Å². The highest BCUT2D eigenvalue weighted by Gasteiger charge is 2.48. The molecule has 0 spiro atoms. The van der Waals surface area contributed by atoms with Crippen molar-refractivity contribution in [1.82, 2.24) is 4.98 Å². The van der Waals surface area contributed by atoms with Crippen LogP contribution in [0.25, 0.3) is 11.1 Å². The third-order valence-corrected chi connectivity index (χ3v) is 5.22. The quantitative estimate of drug-likeness (QED) is 0.912. The molecule has 1 aliphatic rings. The van der Waals surface area contributed by atoms with Gasteiger partial charge in [0.1, 0.15) is 0 Å². The molecule has 3 unspecified atom stereocenters. The van der Waals surface area contributed by atoms with E-state index < -0.39 is 0 Å². The van der Waals surface area contributed by atoms with Crippen LogP contribution in [0.2, 0.25) is 0 Å². The second-order valence-electron chi connectivity index (χ2n) is 6.11. The number of rotatable bonds is 3. The normalized spacial score (nSPS) is 28.9. The molecule has 0 aliphatic heterocycles. The molecule has 0 saturated heterocycles. The Kier molecular flexibility index (Phi) is 3.35. The molecule has 20 heavy (non-hydrogen) atoms. The largest absolute Gasteiger partial charge is 0.327 e. The van der Waals surface area contributed by atoms with Gasteiger partial charge in [-0.25, -0.2) is 0 Å². The molecule has 1 aromatic heterocycles. The average molecular weight is 266 g/mol. The van der Waals surface area contributed by atoms with Crippen LogP contribution in [-0.4, -0.2) is 11.0 Å². The van der Waals surface area contributed by atoms with Crippen LogP contribution in [-0.2, 0) is 0 Å². The number of hydrogen-bond acceptors (Lipinski definition) is 2. The van der Waals surface area contributed by atoms with Crippen LogP contribution in [0.1, 0.15) is 38.2 Å². The second-order valence-corrected chi connectivity index (χ2v) is 6.11. The number of pyridine rings is 1. The predicted octanol–water partition coefficient (Wildman–Crippen LogP) is 3.98. The summed E-state index contributed by atoms with van der Waals surface area (Å²) in [5, 5.41) is 0. The molecule has 0 amide bonds. The molecule has 1 fully saturated rings. The molecule has 2 N–H and O–H groups in total. The fourth-order valence-corrected chi connectivity index (χ4v) is 3.37. The van der Waals surface area contributed by atoms with Crippen molar-refractivity contribution in [3.63, 3.8) is 0 Å². The molecule has 2 heteroatoms. The Bertz CT molecular complexity index is 576. The van der Waals surface area contributed by atoms with Gasteiger partial charge in [-0.05, 0) is 53.0 Å². The number of nitrogens with two attached hydrogens (primary N) is 1. The SMILES string of the molecule is CCC1(C)C(N)CC1c1ccc(-c2ccncc2)cc1. The first kappa shape index (κ1) is 13.3. The van der Waals surface area contributed by atoms with E-state index >= 15 is 0 Å². The summed E-state index contributed by atoms with van der Waals surface area (Å²) in [6, 6.07) is 13.4. The van der Waals surface area contributed by atoms with Crippen LogP contribution in [0.4, 0.5) is 0 Å². The summed E-state index contributed by atoms with van der Waals surface area (Å²) in [5.41, 5.74) is 10.4. The lowest BCUT2D eigenvalue weighted by molar-refractivity contribution is 0.0706. The zero-order chi connectivity index (χ0) is 14.2. The summed E-state index contributed by atoms with van der Waals surface area (Å²) in [4.78, 5) is 4.06. The van der Waals surface area contributed by atoms with E-state index in [-0.39, 0.29) is 5.41 Å². The molecule has 2 nitrogen and oxygen atoms in total. The lowest BCUT2D eigenvalue weighted by Crippen LogP contribution is -2.54. The van der Waals surface area contributed by atoms with Crippen LogP contribution in [0.3, 0.4) is 0 Å². The molecule has 2 aromatic rings. The van der Waals surface area contributed by atoms with Crippen LogP contribution < -0.4 is 5.73 Å². The lowest BCUT2D eigenvalue weighted by atomic mass is 9.54. The third kappa shape index (κ3) is 2.04. The van der Waals surface area contributed by atoms with Crippen LogP contribution >= 0.6 is 0 Å². The van der Waals surface area contributed by atoms with Crippen LogP contribution in [0, 0.1) is 5.41 Å². The zero-order valence-corrected chi connectivity index (χ0v) is 12.2. The Morgan fingerprint density at radius 1 is 1.10 bits per heavy atom. The number of aromatic nitrogens is 1. The van der Waals surface area contributed by atoms with Gasteiger partial charge in [0.25, 0.3) is 0 Å². The van der Waals surface area contributed by atoms with Gasteiger partial charge in [-0.2, -0.15) is 0 Å². The van der Waals surface area contributed by atoms with Gasteiger partial charge in [0.15, 0.2) is 0 Å². The molecule has 1 aliphatic carbocycles. The molecule has 1 saturated carbocycles. The summed E-state index contributed by atoms with van der Waals surface area (Å²) in [6.07, 6.45) is 5.93. The molecule has 3 atom stereocenters. The van der Waals surface area contributed by atoms with Crippen molar-refractivity contribution >= 4 is 0 Å². The number of benzene rings is 1. The average Bonchev–Trinajstić information content (AvgIpc) is 2.52. The summed E-state index contributed by atoms with van der Waals surface area (Å²) in [6.45, 7) is 4.57. The molecular formula is C18H22N2. The summed E-state index contributed by atoms with van der Waals surface area (Å²) in [5.74, 6) is 0.606. The van der Waals surface area contributed by atoms with E-state index in [9.17, 15) is 0 Å². The topological polar surface area (TPSA) is 38.9 Å². The van der Waals surface area contributed by atoms with Crippen molar-refractivity contribution in [3.8, 4) is 11.1 Å². The van der Waals surface area contributed by atoms with E-state index in [0.717, 1.165) is 12.8 Å². The van der Waals surface area contributed by atoms with E-state index in [1.807, 2.05) is 24.5 Å². The summed E-state index contributed by atoms with van der Waals surface area (Å²) >= 11 is 0. The maximum absolute atomic E-state index is 6.21. The Morgan fingerprint density at radius 3 is 2.25 bits per heavy atom. The van der Waals surface area contributed by atoms with Crippen molar-refractivity contribution in [2.75, 3.05) is 0 Å². The van der Waals surface area contributed by atoms with Gasteiger partial charge >= 0.3 is 0 Å². The predicted molar refractivity (Wildman–Crippen MR) is 83.4 cm³/mol. The van der Waals surface area contributed by atoms with Gasteiger partial charge in [-0.15, -0.1) is 0 Å². The van der Waals surface area contributed by atoms with Gasteiger partial charge in [0.05, 0.1) is 0 Å². The van der Waals surface area contributed by atoms with E-state index in [1.54, 1.807) is 0 Å². The Hall–Kier alpha value is -1.67. The molecular weight excluding hydrogens is 244 g/mol. The minimum absolute atomic E-state index is 0.262.